The number of ether oxygens (including phenoxy) is 1. The number of nitrogens with one attached hydrogen (secondary N) is 1. The molecule has 0 amide bonds. The molecule has 15 heavy (non-hydrogen) atoms. The molecular formula is C11H18N2OS. The van der Waals surface area contributed by atoms with E-state index in [1.165, 1.54) is 12.8 Å². The maximum atomic E-state index is 5.45. The van der Waals surface area contributed by atoms with Crippen LogP contribution in [0.4, 0.5) is 0 Å². The maximum absolute atomic E-state index is 5.45. The Morgan fingerprint density at radius 3 is 3.33 bits per heavy atom. The van der Waals surface area contributed by atoms with E-state index in [0.29, 0.717) is 12.0 Å². The first-order valence-electron chi connectivity index (χ1n) is 5.55. The van der Waals surface area contributed by atoms with Crippen molar-refractivity contribution in [3.05, 3.63) is 16.6 Å². The minimum absolute atomic E-state index is 0.359. The first-order valence-corrected chi connectivity index (χ1v) is 6.50. The average Bonchev–Trinajstić information content (AvgIpc) is 2.81. The maximum Gasteiger partial charge on any atom is 0.0795 e. The Kier molecular flexibility index (Phi) is 4.11. The zero-order chi connectivity index (χ0) is 10.5. The van der Waals surface area contributed by atoms with Crippen LogP contribution in [0.15, 0.2) is 10.9 Å². The van der Waals surface area contributed by atoms with E-state index in [1.807, 2.05) is 5.51 Å². The molecule has 0 radical (unpaired) electrons. The van der Waals surface area contributed by atoms with Crippen LogP contribution < -0.4 is 5.32 Å². The van der Waals surface area contributed by atoms with Gasteiger partial charge in [0.15, 0.2) is 0 Å². The van der Waals surface area contributed by atoms with Crippen molar-refractivity contribution in [2.45, 2.75) is 25.8 Å². The molecule has 2 rings (SSSR count). The Morgan fingerprint density at radius 2 is 2.67 bits per heavy atom. The molecule has 0 saturated carbocycles. The zero-order valence-electron chi connectivity index (χ0n) is 9.11. The van der Waals surface area contributed by atoms with Crippen LogP contribution in [0, 0.1) is 5.92 Å². The largest absolute Gasteiger partial charge is 0.381 e. The summed E-state index contributed by atoms with van der Waals surface area (Å²) in [7, 11) is 0. The molecule has 1 aliphatic rings. The Hall–Kier alpha value is -0.450. The fourth-order valence-corrected chi connectivity index (χ4v) is 2.50. The first kappa shape index (κ1) is 11.0. The third-order valence-corrected chi connectivity index (χ3v) is 3.47. The van der Waals surface area contributed by atoms with Crippen molar-refractivity contribution < 1.29 is 4.74 Å². The summed E-state index contributed by atoms with van der Waals surface area (Å²) in [4.78, 5) is 4.30. The summed E-state index contributed by atoms with van der Waals surface area (Å²) in [6.45, 7) is 5.06. The van der Waals surface area contributed by atoms with Crippen LogP contribution in [0.25, 0.3) is 0 Å². The predicted octanol–water partition coefficient (Wildman–Crippen LogP) is 2.22. The highest BCUT2D eigenvalue weighted by molar-refractivity contribution is 7.07. The molecule has 1 N–H and O–H groups in total. The van der Waals surface area contributed by atoms with Gasteiger partial charge in [0.05, 0.1) is 17.8 Å². The quantitative estimate of drug-likeness (QED) is 0.855. The Bertz CT molecular complexity index is 270. The lowest BCUT2D eigenvalue weighted by Crippen LogP contribution is -2.30. The van der Waals surface area contributed by atoms with Crippen molar-refractivity contribution in [3.8, 4) is 0 Å². The van der Waals surface area contributed by atoms with Gasteiger partial charge in [-0.2, -0.15) is 0 Å². The summed E-state index contributed by atoms with van der Waals surface area (Å²) >= 11 is 1.65. The van der Waals surface area contributed by atoms with Gasteiger partial charge in [0.2, 0.25) is 0 Å². The van der Waals surface area contributed by atoms with Gasteiger partial charge in [-0.05, 0) is 25.7 Å². The van der Waals surface area contributed by atoms with Crippen LogP contribution in [-0.4, -0.2) is 24.7 Å². The second-order valence-electron chi connectivity index (χ2n) is 4.13. The lowest BCUT2D eigenvalue weighted by molar-refractivity contribution is 0.0539. The smallest absolute Gasteiger partial charge is 0.0795 e. The van der Waals surface area contributed by atoms with E-state index in [0.717, 1.165) is 25.5 Å². The summed E-state index contributed by atoms with van der Waals surface area (Å²) in [5, 5.41) is 5.63. The van der Waals surface area contributed by atoms with E-state index in [-0.39, 0.29) is 0 Å². The molecule has 84 valence electrons. The fourth-order valence-electron chi connectivity index (χ4n) is 1.85. The number of nitrogens with zero attached hydrogens (tertiary/aromatic N) is 1. The SMILES string of the molecule is CC(NCC1CCCOC1)c1cscn1. The van der Waals surface area contributed by atoms with E-state index in [1.54, 1.807) is 11.3 Å². The molecule has 1 fully saturated rings. The van der Waals surface area contributed by atoms with Gasteiger partial charge in [-0.1, -0.05) is 0 Å². The fraction of sp³-hybridized carbons (Fsp3) is 0.727. The van der Waals surface area contributed by atoms with Gasteiger partial charge in [-0.3, -0.25) is 0 Å². The summed E-state index contributed by atoms with van der Waals surface area (Å²) in [6.07, 6.45) is 2.49. The minimum Gasteiger partial charge on any atom is -0.381 e. The standard InChI is InChI=1S/C11H18N2OS/c1-9(11-7-15-8-13-11)12-5-10-3-2-4-14-6-10/h7-10,12H,2-6H2,1H3. The van der Waals surface area contributed by atoms with Gasteiger partial charge in [0.25, 0.3) is 0 Å². The Labute approximate surface area is 94.9 Å². The van der Waals surface area contributed by atoms with E-state index < -0.39 is 0 Å². The van der Waals surface area contributed by atoms with Crippen molar-refractivity contribution in [1.82, 2.24) is 10.3 Å². The molecule has 2 atom stereocenters. The Morgan fingerprint density at radius 1 is 1.73 bits per heavy atom. The highest BCUT2D eigenvalue weighted by atomic mass is 32.1. The summed E-state index contributed by atoms with van der Waals surface area (Å²) in [5.74, 6) is 0.680. The van der Waals surface area contributed by atoms with E-state index in [2.05, 4.69) is 22.6 Å². The second-order valence-corrected chi connectivity index (χ2v) is 4.85. The topological polar surface area (TPSA) is 34.1 Å². The molecule has 1 aliphatic heterocycles. The van der Waals surface area contributed by atoms with Crippen molar-refractivity contribution in [3.63, 3.8) is 0 Å². The second kappa shape index (κ2) is 5.58. The van der Waals surface area contributed by atoms with Crippen molar-refractivity contribution in [2.75, 3.05) is 19.8 Å². The molecule has 0 bridgehead atoms. The van der Waals surface area contributed by atoms with Gasteiger partial charge in [0, 0.05) is 24.6 Å². The number of thiazole rings is 1. The monoisotopic (exact) mass is 226 g/mol. The van der Waals surface area contributed by atoms with Gasteiger partial charge in [-0.25, -0.2) is 4.98 Å². The zero-order valence-corrected chi connectivity index (χ0v) is 9.93. The van der Waals surface area contributed by atoms with Crippen LogP contribution in [0.2, 0.25) is 0 Å². The molecule has 1 aromatic rings. The first-order chi connectivity index (χ1) is 7.36. The van der Waals surface area contributed by atoms with Gasteiger partial charge >= 0.3 is 0 Å². The molecule has 1 aromatic heterocycles. The van der Waals surface area contributed by atoms with E-state index in [4.69, 9.17) is 4.74 Å². The van der Waals surface area contributed by atoms with Crippen molar-refractivity contribution >= 4 is 11.3 Å². The van der Waals surface area contributed by atoms with Crippen LogP contribution in [0.5, 0.6) is 0 Å². The lowest BCUT2D eigenvalue weighted by atomic mass is 10.0. The average molecular weight is 226 g/mol. The normalized spacial score (nSPS) is 23.9. The van der Waals surface area contributed by atoms with E-state index in [9.17, 15) is 0 Å². The molecule has 0 aliphatic carbocycles. The third kappa shape index (κ3) is 3.26. The minimum atomic E-state index is 0.359. The molecule has 3 nitrogen and oxygen atoms in total. The molecule has 2 heterocycles. The molecule has 2 unspecified atom stereocenters. The van der Waals surface area contributed by atoms with Gasteiger partial charge < -0.3 is 10.1 Å². The van der Waals surface area contributed by atoms with Crippen molar-refractivity contribution in [1.29, 1.82) is 0 Å². The third-order valence-electron chi connectivity index (χ3n) is 2.86. The van der Waals surface area contributed by atoms with Crippen LogP contribution in [-0.2, 0) is 4.74 Å². The van der Waals surface area contributed by atoms with Gasteiger partial charge in [0.1, 0.15) is 0 Å². The van der Waals surface area contributed by atoms with Crippen LogP contribution in [0.1, 0.15) is 31.5 Å². The van der Waals surface area contributed by atoms with Crippen LogP contribution in [0.3, 0.4) is 0 Å². The summed E-state index contributed by atoms with van der Waals surface area (Å²) in [5.41, 5.74) is 3.04. The van der Waals surface area contributed by atoms with Crippen LogP contribution >= 0.6 is 11.3 Å². The summed E-state index contributed by atoms with van der Waals surface area (Å²) in [6, 6.07) is 0.359. The highest BCUT2D eigenvalue weighted by Gasteiger charge is 2.15. The summed E-state index contributed by atoms with van der Waals surface area (Å²) < 4.78 is 5.45. The molecule has 4 heteroatoms. The van der Waals surface area contributed by atoms with E-state index >= 15 is 0 Å². The Balaban J connectivity index is 1.73. The lowest BCUT2D eigenvalue weighted by Gasteiger charge is -2.23. The molecule has 1 saturated heterocycles. The predicted molar refractivity (Wildman–Crippen MR) is 62.1 cm³/mol. The number of hydrogen-bond acceptors (Lipinski definition) is 4. The highest BCUT2D eigenvalue weighted by Crippen LogP contribution is 2.15. The molecule has 0 spiro atoms. The van der Waals surface area contributed by atoms with Gasteiger partial charge in [-0.15, -0.1) is 11.3 Å². The number of rotatable bonds is 4. The van der Waals surface area contributed by atoms with Crippen molar-refractivity contribution in [2.24, 2.45) is 5.92 Å². The molecular weight excluding hydrogens is 208 g/mol. The number of aromatic nitrogens is 1. The number of hydrogen-bond donors (Lipinski definition) is 1. The molecule has 0 aromatic carbocycles.